The molecule has 0 radical (unpaired) electrons. The Hall–Kier alpha value is -0.370. The Morgan fingerprint density at radius 1 is 1.00 bits per heavy atom. The van der Waals surface area contributed by atoms with Crippen molar-refractivity contribution < 1.29 is 4.74 Å². The normalized spacial score (nSPS) is 29.6. The maximum absolute atomic E-state index is 5.90. The Labute approximate surface area is 103 Å². The summed E-state index contributed by atoms with van der Waals surface area (Å²) in [5, 5.41) is 2.82. The van der Waals surface area contributed by atoms with Crippen LogP contribution in [0.15, 0.2) is 22.8 Å². The van der Waals surface area contributed by atoms with Crippen LogP contribution < -0.4 is 0 Å². The summed E-state index contributed by atoms with van der Waals surface area (Å²) < 4.78 is 5.90. The first kappa shape index (κ1) is 12.1. The molecule has 2 rings (SSSR count). The first-order valence-corrected chi connectivity index (χ1v) is 6.87. The van der Waals surface area contributed by atoms with Crippen molar-refractivity contribution in [3.8, 4) is 0 Å². The van der Waals surface area contributed by atoms with Crippen molar-refractivity contribution in [3.63, 3.8) is 0 Å². The second-order valence-electron chi connectivity index (χ2n) is 6.76. The third kappa shape index (κ3) is 1.92. The first-order chi connectivity index (χ1) is 7.21. The fraction of sp³-hybridized carbons (Fsp3) is 0.714. The minimum Gasteiger partial charge on any atom is -0.492 e. The van der Waals surface area contributed by atoms with Crippen LogP contribution in [0.25, 0.3) is 0 Å². The van der Waals surface area contributed by atoms with Crippen molar-refractivity contribution in [1.82, 2.24) is 0 Å². The highest BCUT2D eigenvalue weighted by atomic mass is 32.2. The number of fused-ring (bicyclic) bond motifs is 1. The lowest BCUT2D eigenvalue weighted by Gasteiger charge is -2.28. The van der Waals surface area contributed by atoms with Gasteiger partial charge in [-0.25, -0.2) is 0 Å². The van der Waals surface area contributed by atoms with Crippen molar-refractivity contribution in [2.45, 2.75) is 52.9 Å². The fourth-order valence-electron chi connectivity index (χ4n) is 2.25. The molecule has 16 heavy (non-hydrogen) atoms. The highest BCUT2D eigenvalue weighted by Crippen LogP contribution is 2.51. The maximum Gasteiger partial charge on any atom is 0.136 e. The third-order valence-electron chi connectivity index (χ3n) is 3.30. The molecule has 0 aliphatic carbocycles. The Balaban J connectivity index is 2.20. The highest BCUT2D eigenvalue weighted by Gasteiger charge is 2.45. The molecule has 0 N–H and O–H groups in total. The van der Waals surface area contributed by atoms with Gasteiger partial charge >= 0.3 is 0 Å². The molecular weight excluding hydrogens is 216 g/mol. The molecule has 2 heteroatoms. The molecule has 2 unspecified atom stereocenters. The molecule has 0 saturated carbocycles. The standard InChI is InChI=1S/C14H22OS/c1-13(2,3)9-7-15-11-10(14(4,5)6)8-16-12(9)11/h7-8,11-12H,1-6H3. The summed E-state index contributed by atoms with van der Waals surface area (Å²) in [5.41, 5.74) is 3.32. The molecule has 0 fully saturated rings. The Morgan fingerprint density at radius 2 is 1.56 bits per heavy atom. The van der Waals surface area contributed by atoms with Crippen LogP contribution >= 0.6 is 11.8 Å². The van der Waals surface area contributed by atoms with E-state index in [4.69, 9.17) is 4.74 Å². The summed E-state index contributed by atoms with van der Waals surface area (Å²) >= 11 is 1.93. The predicted octanol–water partition coefficient (Wildman–Crippen LogP) is 4.36. The molecule has 0 aromatic carbocycles. The van der Waals surface area contributed by atoms with Gasteiger partial charge in [0.1, 0.15) is 6.10 Å². The Bertz CT molecular complexity index is 316. The van der Waals surface area contributed by atoms with Crippen molar-refractivity contribution in [2.24, 2.45) is 10.8 Å². The quantitative estimate of drug-likeness (QED) is 0.620. The van der Waals surface area contributed by atoms with E-state index in [1.165, 1.54) is 11.1 Å². The van der Waals surface area contributed by atoms with E-state index < -0.39 is 0 Å². The minimum atomic E-state index is 0.216. The van der Waals surface area contributed by atoms with Gasteiger partial charge in [-0.2, -0.15) is 0 Å². The van der Waals surface area contributed by atoms with Gasteiger partial charge in [0.25, 0.3) is 0 Å². The Morgan fingerprint density at radius 3 is 2.06 bits per heavy atom. The second-order valence-corrected chi connectivity index (χ2v) is 7.78. The van der Waals surface area contributed by atoms with Gasteiger partial charge in [0, 0.05) is 0 Å². The number of hydrogen-bond donors (Lipinski definition) is 0. The van der Waals surface area contributed by atoms with Crippen LogP contribution in [-0.2, 0) is 4.74 Å². The van der Waals surface area contributed by atoms with E-state index in [1.807, 2.05) is 18.0 Å². The number of hydrogen-bond acceptors (Lipinski definition) is 2. The molecule has 1 nitrogen and oxygen atoms in total. The van der Waals surface area contributed by atoms with Crippen LogP contribution in [0.3, 0.4) is 0 Å². The highest BCUT2D eigenvalue weighted by molar-refractivity contribution is 8.03. The summed E-state index contributed by atoms with van der Waals surface area (Å²) in [6.45, 7) is 13.6. The molecule has 2 atom stereocenters. The van der Waals surface area contributed by atoms with E-state index in [9.17, 15) is 0 Å². The van der Waals surface area contributed by atoms with E-state index in [-0.39, 0.29) is 16.9 Å². The Kier molecular flexibility index (Phi) is 2.69. The van der Waals surface area contributed by atoms with Crippen LogP contribution in [-0.4, -0.2) is 11.4 Å². The average Bonchev–Trinajstić information content (AvgIpc) is 2.54. The maximum atomic E-state index is 5.90. The smallest absolute Gasteiger partial charge is 0.136 e. The van der Waals surface area contributed by atoms with Crippen molar-refractivity contribution in [2.75, 3.05) is 0 Å². The summed E-state index contributed by atoms with van der Waals surface area (Å²) in [6, 6.07) is 0. The number of rotatable bonds is 0. The molecule has 0 amide bonds. The van der Waals surface area contributed by atoms with Gasteiger partial charge in [0.2, 0.25) is 0 Å². The molecular formula is C14H22OS. The monoisotopic (exact) mass is 238 g/mol. The zero-order valence-corrected chi connectivity index (χ0v) is 11.9. The minimum absolute atomic E-state index is 0.216. The largest absolute Gasteiger partial charge is 0.492 e. The molecule has 2 aliphatic heterocycles. The zero-order valence-electron chi connectivity index (χ0n) is 11.1. The van der Waals surface area contributed by atoms with E-state index in [0.29, 0.717) is 5.25 Å². The molecule has 0 bridgehead atoms. The van der Waals surface area contributed by atoms with E-state index >= 15 is 0 Å². The molecule has 90 valence electrons. The lowest BCUT2D eigenvalue weighted by atomic mass is 9.79. The summed E-state index contributed by atoms with van der Waals surface area (Å²) in [4.78, 5) is 0. The fourth-order valence-corrected chi connectivity index (χ4v) is 3.94. The molecule has 0 spiro atoms. The summed E-state index contributed by atoms with van der Waals surface area (Å²) in [5.74, 6) is 0. The topological polar surface area (TPSA) is 9.23 Å². The molecule has 2 heterocycles. The van der Waals surface area contributed by atoms with Crippen molar-refractivity contribution in [1.29, 1.82) is 0 Å². The molecule has 2 aliphatic rings. The van der Waals surface area contributed by atoms with E-state index in [0.717, 1.165) is 0 Å². The summed E-state index contributed by atoms with van der Waals surface area (Å²) in [6.07, 6.45) is 2.28. The van der Waals surface area contributed by atoms with Gasteiger partial charge in [0.05, 0.1) is 11.5 Å². The van der Waals surface area contributed by atoms with Crippen LogP contribution in [0.4, 0.5) is 0 Å². The van der Waals surface area contributed by atoms with Crippen LogP contribution in [0.2, 0.25) is 0 Å². The van der Waals surface area contributed by atoms with E-state index in [2.05, 4.69) is 47.0 Å². The number of ether oxygens (including phenoxy) is 1. The van der Waals surface area contributed by atoms with Gasteiger partial charge in [0.15, 0.2) is 0 Å². The van der Waals surface area contributed by atoms with Gasteiger partial charge < -0.3 is 4.74 Å². The zero-order chi connectivity index (χ0) is 12.1. The molecule has 0 aromatic heterocycles. The van der Waals surface area contributed by atoms with Crippen molar-refractivity contribution >= 4 is 11.8 Å². The second kappa shape index (κ2) is 3.56. The van der Waals surface area contributed by atoms with Crippen molar-refractivity contribution in [3.05, 3.63) is 22.8 Å². The van der Waals surface area contributed by atoms with Crippen LogP contribution in [0, 0.1) is 10.8 Å². The number of thioether (sulfide) groups is 1. The lowest BCUT2D eigenvalue weighted by molar-refractivity contribution is 0.186. The summed E-state index contributed by atoms with van der Waals surface area (Å²) in [7, 11) is 0. The average molecular weight is 238 g/mol. The van der Waals surface area contributed by atoms with Gasteiger partial charge in [-0.3, -0.25) is 0 Å². The third-order valence-corrected chi connectivity index (χ3v) is 4.49. The first-order valence-electron chi connectivity index (χ1n) is 5.93. The van der Waals surface area contributed by atoms with Crippen LogP contribution in [0.1, 0.15) is 41.5 Å². The van der Waals surface area contributed by atoms with Gasteiger partial charge in [-0.1, -0.05) is 41.5 Å². The predicted molar refractivity (Wildman–Crippen MR) is 71.3 cm³/mol. The van der Waals surface area contributed by atoms with Gasteiger partial charge in [-0.05, 0) is 27.4 Å². The van der Waals surface area contributed by atoms with Gasteiger partial charge in [-0.15, -0.1) is 11.8 Å². The molecule has 0 saturated heterocycles. The van der Waals surface area contributed by atoms with E-state index in [1.54, 1.807) is 0 Å². The lowest BCUT2D eigenvalue weighted by Crippen LogP contribution is -2.28. The SMILES string of the molecule is CC(C)(C)C1=CSC2C(C(C)(C)C)=COC12. The molecule has 0 aromatic rings. The van der Waals surface area contributed by atoms with Crippen LogP contribution in [0.5, 0.6) is 0 Å².